The number of nitrogens with zero attached hydrogens (tertiary/aromatic N) is 3. The molecule has 0 spiro atoms. The Morgan fingerprint density at radius 1 is 1.22 bits per heavy atom. The summed E-state index contributed by atoms with van der Waals surface area (Å²) < 4.78 is 18.6. The molecule has 3 rings (SSSR count). The number of hydrogen-bond donors (Lipinski definition) is 1. The van der Waals surface area contributed by atoms with Crippen LogP contribution in [0.25, 0.3) is 11.4 Å². The van der Waals surface area contributed by atoms with Gasteiger partial charge in [0, 0.05) is 17.7 Å². The third kappa shape index (κ3) is 3.49. The van der Waals surface area contributed by atoms with Gasteiger partial charge in [-0.25, -0.2) is 9.37 Å². The number of H-pyrrole nitrogens is 1. The van der Waals surface area contributed by atoms with Gasteiger partial charge in [0.2, 0.25) is 0 Å². The molecule has 116 valence electrons. The van der Waals surface area contributed by atoms with Gasteiger partial charge in [-0.15, -0.1) is 0 Å². The molecule has 0 atom stereocenters. The number of nitro groups is 1. The number of nitro benzene ring substituents is 1. The van der Waals surface area contributed by atoms with Crippen LogP contribution in [0.4, 0.5) is 10.1 Å². The first-order chi connectivity index (χ1) is 11.1. The minimum Gasteiger partial charge on any atom is -0.486 e. The number of nitrogens with one attached hydrogen (secondary N) is 1. The number of rotatable bonds is 5. The van der Waals surface area contributed by atoms with Crippen molar-refractivity contribution >= 4 is 5.69 Å². The second-order valence-corrected chi connectivity index (χ2v) is 4.66. The Morgan fingerprint density at radius 3 is 2.70 bits per heavy atom. The second-order valence-electron chi connectivity index (χ2n) is 4.66. The summed E-state index contributed by atoms with van der Waals surface area (Å²) in [6, 6.07) is 11.7. The average Bonchev–Trinajstić information content (AvgIpc) is 3.02. The number of ether oxygens (including phenoxy) is 1. The fraction of sp³-hybridized carbons (Fsp3) is 0.0667. The lowest BCUT2D eigenvalue weighted by molar-refractivity contribution is -0.384. The molecule has 0 bridgehead atoms. The molecule has 7 nitrogen and oxygen atoms in total. The number of non-ortho nitro benzene ring substituents is 1. The molecule has 0 aliphatic carbocycles. The van der Waals surface area contributed by atoms with E-state index in [0.717, 1.165) is 0 Å². The van der Waals surface area contributed by atoms with Crippen LogP contribution >= 0.6 is 0 Å². The summed E-state index contributed by atoms with van der Waals surface area (Å²) >= 11 is 0. The van der Waals surface area contributed by atoms with Gasteiger partial charge in [-0.05, 0) is 24.3 Å². The smallest absolute Gasteiger partial charge is 0.269 e. The van der Waals surface area contributed by atoms with Crippen molar-refractivity contribution in [1.29, 1.82) is 0 Å². The highest BCUT2D eigenvalue weighted by Crippen LogP contribution is 2.19. The highest BCUT2D eigenvalue weighted by atomic mass is 19.1. The van der Waals surface area contributed by atoms with E-state index in [0.29, 0.717) is 23.0 Å². The van der Waals surface area contributed by atoms with E-state index in [4.69, 9.17) is 4.74 Å². The molecule has 0 aliphatic rings. The molecule has 2 aromatic carbocycles. The summed E-state index contributed by atoms with van der Waals surface area (Å²) in [5, 5.41) is 17.3. The van der Waals surface area contributed by atoms with Crippen LogP contribution in [0.1, 0.15) is 5.82 Å². The zero-order valence-corrected chi connectivity index (χ0v) is 11.8. The molecular formula is C15H11FN4O3. The van der Waals surface area contributed by atoms with Crippen molar-refractivity contribution in [2.75, 3.05) is 0 Å². The monoisotopic (exact) mass is 314 g/mol. The SMILES string of the molecule is O=[N+]([O-])c1ccc(OCc2nc(-c3cccc(F)c3)n[nH]2)cc1. The van der Waals surface area contributed by atoms with Crippen molar-refractivity contribution in [1.82, 2.24) is 15.2 Å². The maximum atomic E-state index is 13.2. The van der Waals surface area contributed by atoms with Gasteiger partial charge in [0.05, 0.1) is 4.92 Å². The maximum absolute atomic E-state index is 13.2. The standard InChI is InChI=1S/C15H11FN4O3/c16-11-3-1-2-10(8-11)15-17-14(18-19-15)9-23-13-6-4-12(5-7-13)20(21)22/h1-8H,9H2,(H,17,18,19). The molecule has 8 heteroatoms. The highest BCUT2D eigenvalue weighted by molar-refractivity contribution is 5.54. The first-order valence-electron chi connectivity index (χ1n) is 6.66. The van der Waals surface area contributed by atoms with Gasteiger partial charge in [0.25, 0.3) is 5.69 Å². The van der Waals surface area contributed by atoms with Gasteiger partial charge < -0.3 is 4.74 Å². The number of aromatic amines is 1. The van der Waals surface area contributed by atoms with Crippen LogP contribution in [0, 0.1) is 15.9 Å². The van der Waals surface area contributed by atoms with Crippen LogP contribution in [-0.2, 0) is 6.61 Å². The number of aromatic nitrogens is 3. The van der Waals surface area contributed by atoms with Gasteiger partial charge in [0.15, 0.2) is 11.6 Å². The molecule has 0 unspecified atom stereocenters. The summed E-state index contributed by atoms with van der Waals surface area (Å²) in [4.78, 5) is 14.3. The predicted octanol–water partition coefficient (Wildman–Crippen LogP) is 3.10. The van der Waals surface area contributed by atoms with E-state index in [1.165, 1.54) is 36.4 Å². The lowest BCUT2D eigenvalue weighted by Gasteiger charge is -2.02. The first-order valence-corrected chi connectivity index (χ1v) is 6.66. The van der Waals surface area contributed by atoms with Crippen molar-refractivity contribution < 1.29 is 14.1 Å². The molecule has 1 heterocycles. The van der Waals surface area contributed by atoms with Crippen LogP contribution in [0.2, 0.25) is 0 Å². The zero-order valence-electron chi connectivity index (χ0n) is 11.8. The Hall–Kier alpha value is -3.29. The normalized spacial score (nSPS) is 10.5. The van der Waals surface area contributed by atoms with Crippen molar-refractivity contribution in [3.8, 4) is 17.1 Å². The summed E-state index contributed by atoms with van der Waals surface area (Å²) in [6.07, 6.45) is 0. The summed E-state index contributed by atoms with van der Waals surface area (Å²) in [6.45, 7) is 0.111. The molecule has 0 amide bonds. The number of benzene rings is 2. The number of halogens is 1. The second kappa shape index (κ2) is 6.22. The minimum atomic E-state index is -0.481. The van der Waals surface area contributed by atoms with Crippen LogP contribution in [0.3, 0.4) is 0 Å². The summed E-state index contributed by atoms with van der Waals surface area (Å²) in [5.41, 5.74) is 0.549. The Morgan fingerprint density at radius 2 is 2.00 bits per heavy atom. The molecular weight excluding hydrogens is 303 g/mol. The molecule has 0 saturated heterocycles. The minimum absolute atomic E-state index is 0.00888. The lowest BCUT2D eigenvalue weighted by atomic mass is 10.2. The van der Waals surface area contributed by atoms with Gasteiger partial charge >= 0.3 is 0 Å². The first kappa shape index (κ1) is 14.6. The third-order valence-electron chi connectivity index (χ3n) is 3.04. The van der Waals surface area contributed by atoms with Crippen molar-refractivity contribution in [2.45, 2.75) is 6.61 Å². The third-order valence-corrected chi connectivity index (χ3v) is 3.04. The van der Waals surface area contributed by atoms with Crippen molar-refractivity contribution in [2.24, 2.45) is 0 Å². The molecule has 23 heavy (non-hydrogen) atoms. The molecule has 0 radical (unpaired) electrons. The van der Waals surface area contributed by atoms with Crippen LogP contribution in [-0.4, -0.2) is 20.1 Å². The Balaban J connectivity index is 1.66. The molecule has 0 fully saturated rings. The summed E-state index contributed by atoms with van der Waals surface area (Å²) in [7, 11) is 0. The molecule has 3 aromatic rings. The van der Waals surface area contributed by atoms with E-state index < -0.39 is 4.92 Å². The number of hydrogen-bond acceptors (Lipinski definition) is 5. The van der Waals surface area contributed by atoms with Crippen LogP contribution in [0.5, 0.6) is 5.75 Å². The Kier molecular flexibility index (Phi) is 3.96. The molecule has 1 N–H and O–H groups in total. The van der Waals surface area contributed by atoms with Gasteiger partial charge in [0.1, 0.15) is 18.2 Å². The van der Waals surface area contributed by atoms with Gasteiger partial charge in [-0.1, -0.05) is 12.1 Å². The van der Waals surface area contributed by atoms with E-state index in [2.05, 4.69) is 15.2 Å². The zero-order chi connectivity index (χ0) is 16.2. The van der Waals surface area contributed by atoms with Gasteiger partial charge in [-0.3, -0.25) is 15.2 Å². The topological polar surface area (TPSA) is 93.9 Å². The highest BCUT2D eigenvalue weighted by Gasteiger charge is 2.08. The molecule has 1 aromatic heterocycles. The lowest BCUT2D eigenvalue weighted by Crippen LogP contribution is -1.98. The predicted molar refractivity (Wildman–Crippen MR) is 79.2 cm³/mol. The average molecular weight is 314 g/mol. The largest absolute Gasteiger partial charge is 0.486 e. The fourth-order valence-corrected chi connectivity index (χ4v) is 1.93. The van der Waals surface area contributed by atoms with Crippen LogP contribution < -0.4 is 4.74 Å². The van der Waals surface area contributed by atoms with Crippen molar-refractivity contribution in [3.63, 3.8) is 0 Å². The Bertz CT molecular complexity index is 833. The molecule has 0 saturated carbocycles. The molecule has 0 aliphatic heterocycles. The quantitative estimate of drug-likeness (QED) is 0.577. The van der Waals surface area contributed by atoms with Crippen LogP contribution in [0.15, 0.2) is 48.5 Å². The van der Waals surface area contributed by atoms with Crippen molar-refractivity contribution in [3.05, 3.63) is 70.3 Å². The fourth-order valence-electron chi connectivity index (χ4n) is 1.93. The van der Waals surface area contributed by atoms with E-state index in [1.807, 2.05) is 0 Å². The Labute approximate surface area is 129 Å². The van der Waals surface area contributed by atoms with E-state index in [9.17, 15) is 14.5 Å². The summed E-state index contributed by atoms with van der Waals surface area (Å²) in [5.74, 6) is 0.935. The van der Waals surface area contributed by atoms with E-state index in [1.54, 1.807) is 12.1 Å². The van der Waals surface area contributed by atoms with Gasteiger partial charge in [-0.2, -0.15) is 5.10 Å². The van der Waals surface area contributed by atoms with E-state index in [-0.39, 0.29) is 18.1 Å². The maximum Gasteiger partial charge on any atom is 0.269 e. The van der Waals surface area contributed by atoms with E-state index >= 15 is 0 Å².